The molecular weight excluding hydrogens is 267 g/mol. The second kappa shape index (κ2) is 5.67. The maximum absolute atomic E-state index is 11.1. The van der Waals surface area contributed by atoms with Crippen molar-refractivity contribution in [1.29, 1.82) is 0 Å². The average Bonchev–Trinajstić information content (AvgIpc) is 2.08. The molecule has 0 atom stereocenters. The first-order valence-corrected chi connectivity index (χ1v) is 7.32. The number of ketones is 1. The number of carbonyl (C=O) groups excluding carboxylic acids is 2. The van der Waals surface area contributed by atoms with Gasteiger partial charge in [-0.05, 0) is 0 Å². The fourth-order valence-corrected chi connectivity index (χ4v) is 3.54. The summed E-state index contributed by atoms with van der Waals surface area (Å²) in [6.45, 7) is 0. The van der Waals surface area contributed by atoms with Crippen LogP contribution in [0.2, 0.25) is 0 Å². The van der Waals surface area contributed by atoms with Gasteiger partial charge in [0.05, 0.1) is 0 Å². The van der Waals surface area contributed by atoms with Crippen LogP contribution in [0.3, 0.4) is 0 Å². The summed E-state index contributed by atoms with van der Waals surface area (Å²) in [5.74, 6) is -0.0840. The second-order valence-corrected chi connectivity index (χ2v) is 6.12. The van der Waals surface area contributed by atoms with Crippen molar-refractivity contribution in [2.75, 3.05) is 4.43 Å². The van der Waals surface area contributed by atoms with Crippen LogP contribution in [-0.2, 0) is 9.59 Å². The second-order valence-electron chi connectivity index (χ2n) is 3.08. The third-order valence-corrected chi connectivity index (χ3v) is 4.81. The van der Waals surface area contributed by atoms with Crippen molar-refractivity contribution in [2.45, 2.75) is 38.5 Å². The average molecular weight is 282 g/mol. The van der Waals surface area contributed by atoms with Gasteiger partial charge in [0, 0.05) is 0 Å². The fraction of sp³-hybridized carbons (Fsp3) is 0.778. The van der Waals surface area contributed by atoms with Gasteiger partial charge in [0.25, 0.3) is 0 Å². The number of halogens is 1. The van der Waals surface area contributed by atoms with Crippen LogP contribution in [0, 0.1) is 0 Å². The zero-order valence-corrected chi connectivity index (χ0v) is 9.50. The molecule has 0 bridgehead atoms. The number of alkyl halides is 1. The molecule has 1 heterocycles. The van der Waals surface area contributed by atoms with E-state index in [1.807, 2.05) is 0 Å². The van der Waals surface area contributed by atoms with Gasteiger partial charge in [-0.3, -0.25) is 0 Å². The molecule has 1 fully saturated rings. The predicted molar refractivity (Wildman–Crippen MR) is 58.0 cm³/mol. The Balaban J connectivity index is 2.36. The quantitative estimate of drug-likeness (QED) is 0.295. The molecule has 0 amide bonds. The molecule has 0 aromatic heterocycles. The van der Waals surface area contributed by atoms with E-state index in [0.29, 0.717) is 6.42 Å². The van der Waals surface area contributed by atoms with E-state index >= 15 is 0 Å². The van der Waals surface area contributed by atoms with Crippen molar-refractivity contribution in [3.63, 3.8) is 0 Å². The summed E-state index contributed by atoms with van der Waals surface area (Å²) >= 11 is -0.622. The zero-order valence-electron chi connectivity index (χ0n) is 7.17. The van der Waals surface area contributed by atoms with E-state index in [9.17, 15) is 9.59 Å². The van der Waals surface area contributed by atoms with Crippen LogP contribution in [0.25, 0.3) is 0 Å². The summed E-state index contributed by atoms with van der Waals surface area (Å²) in [5, 5.41) is 0. The van der Waals surface area contributed by atoms with Crippen molar-refractivity contribution in [2.24, 2.45) is 0 Å². The maximum atomic E-state index is 11.1. The van der Waals surface area contributed by atoms with Crippen LogP contribution >= 0.6 is 21.2 Å². The van der Waals surface area contributed by atoms with Crippen LogP contribution in [0.15, 0.2) is 0 Å². The van der Waals surface area contributed by atoms with E-state index in [-0.39, 0.29) is 9.57 Å². The molecule has 70 valence electrons. The van der Waals surface area contributed by atoms with E-state index in [0.717, 1.165) is 17.3 Å². The summed E-state index contributed by atoms with van der Waals surface area (Å²) in [6, 6.07) is 0. The van der Waals surface area contributed by atoms with Gasteiger partial charge in [0.15, 0.2) is 0 Å². The van der Waals surface area contributed by atoms with Crippen LogP contribution < -0.4 is 0 Å². The van der Waals surface area contributed by atoms with Crippen molar-refractivity contribution < 1.29 is 9.59 Å². The molecule has 1 aliphatic rings. The minimum absolute atomic E-state index is 0.0118. The third kappa shape index (κ3) is 3.65. The monoisotopic (exact) mass is 282 g/mol. The number of hydrogen-bond acceptors (Lipinski definition) is 2. The van der Waals surface area contributed by atoms with E-state index in [1.165, 1.54) is 19.3 Å². The minimum atomic E-state index is -0.622. The van der Waals surface area contributed by atoms with Crippen LogP contribution in [-0.4, -0.2) is 14.0 Å². The van der Waals surface area contributed by atoms with Gasteiger partial charge in [-0.2, -0.15) is 0 Å². The van der Waals surface area contributed by atoms with Gasteiger partial charge in [-0.15, -0.1) is 0 Å². The first-order valence-electron chi connectivity index (χ1n) is 4.50. The van der Waals surface area contributed by atoms with Crippen molar-refractivity contribution in [3.8, 4) is 0 Å². The summed E-state index contributed by atoms with van der Waals surface area (Å²) in [7, 11) is 0. The molecule has 12 heavy (non-hydrogen) atoms. The van der Waals surface area contributed by atoms with Crippen molar-refractivity contribution in [3.05, 3.63) is 0 Å². The first kappa shape index (κ1) is 10.2. The molecule has 0 aromatic rings. The molecule has 1 rings (SSSR count). The van der Waals surface area contributed by atoms with E-state index in [4.69, 9.17) is 0 Å². The predicted octanol–water partition coefficient (Wildman–Crippen LogP) is 2.14. The molecule has 0 saturated carbocycles. The molecule has 1 saturated heterocycles. The van der Waals surface area contributed by atoms with Gasteiger partial charge in [0.1, 0.15) is 0 Å². The van der Waals surface area contributed by atoms with E-state index in [1.54, 1.807) is 0 Å². The summed E-state index contributed by atoms with van der Waals surface area (Å²) < 4.78 is 1.03. The number of rotatable bonds is 0. The third-order valence-electron chi connectivity index (χ3n) is 2.01. The molecule has 0 unspecified atom stereocenters. The number of Topliss-reactive ketones (excluding diaryl/α,β-unsaturated/α-hetero) is 1. The fourth-order valence-electron chi connectivity index (χ4n) is 1.27. The van der Waals surface area contributed by atoms with Crippen LogP contribution in [0.5, 0.6) is 0 Å². The Bertz CT molecular complexity index is 157. The normalized spacial score (nSPS) is 23.0. The molecule has 3 heteroatoms. The van der Waals surface area contributed by atoms with Crippen LogP contribution in [0.4, 0.5) is 0 Å². The molecule has 1 aliphatic heterocycles. The van der Waals surface area contributed by atoms with Gasteiger partial charge < -0.3 is 0 Å². The Morgan fingerprint density at radius 2 is 1.58 bits per heavy atom. The number of hydrogen-bond donors (Lipinski definition) is 0. The molecule has 2 nitrogen and oxygen atoms in total. The van der Waals surface area contributed by atoms with Gasteiger partial charge in [0.2, 0.25) is 0 Å². The topological polar surface area (TPSA) is 34.1 Å². The number of carbonyl (C=O) groups is 2. The molecule has 0 N–H and O–H groups in total. The van der Waals surface area contributed by atoms with Gasteiger partial charge in [-0.25, -0.2) is 0 Å². The SMILES string of the molecule is O=C1CCCCCCC[IH]C1=O. The van der Waals surface area contributed by atoms with E-state index in [2.05, 4.69) is 0 Å². The standard InChI is InChI=1S/C9H15IO2/c11-8-6-4-2-1-3-5-7-10-9(8)12/h10H,1-7H2. The van der Waals surface area contributed by atoms with Crippen molar-refractivity contribution >= 4 is 30.8 Å². The summed E-state index contributed by atoms with van der Waals surface area (Å²) in [6.07, 6.45) is 6.24. The Morgan fingerprint density at radius 3 is 2.42 bits per heavy atom. The van der Waals surface area contributed by atoms with Crippen LogP contribution in [0.1, 0.15) is 38.5 Å². The Kier molecular flexibility index (Phi) is 4.80. The van der Waals surface area contributed by atoms with Crippen molar-refractivity contribution in [1.82, 2.24) is 0 Å². The zero-order chi connectivity index (χ0) is 8.81. The Hall–Kier alpha value is 0.0700. The van der Waals surface area contributed by atoms with E-state index < -0.39 is 21.2 Å². The first-order chi connectivity index (χ1) is 5.80. The van der Waals surface area contributed by atoms with Gasteiger partial charge in [-0.1, -0.05) is 0 Å². The van der Waals surface area contributed by atoms with Gasteiger partial charge >= 0.3 is 83.3 Å². The molecular formula is C9H15IO2. The Labute approximate surface area is 83.4 Å². The summed E-state index contributed by atoms with van der Waals surface area (Å²) in [4.78, 5) is 22.3. The molecule has 0 aromatic carbocycles. The molecule has 0 radical (unpaired) electrons. The molecule has 0 spiro atoms. The summed E-state index contributed by atoms with van der Waals surface area (Å²) in [5.41, 5.74) is 0. The molecule has 0 aliphatic carbocycles. The Morgan fingerprint density at radius 1 is 0.917 bits per heavy atom.